The van der Waals surface area contributed by atoms with Crippen molar-refractivity contribution in [1.82, 2.24) is 4.98 Å². The molecule has 5 nitrogen and oxygen atoms in total. The van der Waals surface area contributed by atoms with Gasteiger partial charge < -0.3 is 15.0 Å². The van der Waals surface area contributed by atoms with E-state index in [1.807, 2.05) is 43.3 Å². The number of hydrogen-bond donors (Lipinski definition) is 1. The highest BCUT2D eigenvalue weighted by Crippen LogP contribution is 2.25. The Kier molecular flexibility index (Phi) is 5.21. The smallest absolute Gasteiger partial charge is 0.228 e. The third-order valence-corrected chi connectivity index (χ3v) is 4.84. The van der Waals surface area contributed by atoms with Gasteiger partial charge in [0.2, 0.25) is 5.91 Å². The maximum atomic E-state index is 14.7. The van der Waals surface area contributed by atoms with Gasteiger partial charge in [-0.3, -0.25) is 4.79 Å². The summed E-state index contributed by atoms with van der Waals surface area (Å²) >= 11 is 0. The van der Waals surface area contributed by atoms with E-state index in [2.05, 4.69) is 15.2 Å². The summed E-state index contributed by atoms with van der Waals surface area (Å²) in [5.41, 5.74) is 2.80. The van der Waals surface area contributed by atoms with Crippen molar-refractivity contribution in [2.24, 2.45) is 0 Å². The SMILES string of the molecule is Cc1ccc(CC(=O)Nc2cc(F)c3nc(N4CCOCC4)ccc3c2)cc1. The Bertz CT molecular complexity index is 999. The molecule has 1 aliphatic heterocycles. The van der Waals surface area contributed by atoms with Crippen molar-refractivity contribution in [3.8, 4) is 0 Å². The molecule has 0 bridgehead atoms. The minimum absolute atomic E-state index is 0.180. The van der Waals surface area contributed by atoms with E-state index in [0.717, 1.165) is 30.0 Å². The second-order valence-corrected chi connectivity index (χ2v) is 7.01. The van der Waals surface area contributed by atoms with Gasteiger partial charge >= 0.3 is 0 Å². The molecule has 0 atom stereocenters. The predicted molar refractivity (Wildman–Crippen MR) is 108 cm³/mol. The molecule has 6 heteroatoms. The molecule has 4 rings (SSSR count). The van der Waals surface area contributed by atoms with E-state index in [1.165, 1.54) is 6.07 Å². The van der Waals surface area contributed by atoms with Crippen molar-refractivity contribution < 1.29 is 13.9 Å². The van der Waals surface area contributed by atoms with E-state index in [0.29, 0.717) is 29.8 Å². The summed E-state index contributed by atoms with van der Waals surface area (Å²) in [6.07, 6.45) is 0.244. The van der Waals surface area contributed by atoms with Crippen LogP contribution in [0.3, 0.4) is 0 Å². The quantitative estimate of drug-likeness (QED) is 0.751. The van der Waals surface area contributed by atoms with E-state index in [4.69, 9.17) is 4.74 Å². The van der Waals surface area contributed by atoms with Crippen LogP contribution in [0.25, 0.3) is 10.9 Å². The Hall–Kier alpha value is -2.99. The molecule has 1 aromatic heterocycles. The van der Waals surface area contributed by atoms with Crippen LogP contribution in [0.4, 0.5) is 15.9 Å². The third-order valence-electron chi connectivity index (χ3n) is 4.84. The topological polar surface area (TPSA) is 54.5 Å². The second-order valence-electron chi connectivity index (χ2n) is 7.01. The van der Waals surface area contributed by atoms with E-state index in [9.17, 15) is 9.18 Å². The van der Waals surface area contributed by atoms with Gasteiger partial charge in [-0.05, 0) is 36.8 Å². The van der Waals surface area contributed by atoms with Crippen LogP contribution in [0.5, 0.6) is 0 Å². The summed E-state index contributed by atoms with van der Waals surface area (Å²) < 4.78 is 20.0. The van der Waals surface area contributed by atoms with Gasteiger partial charge in [0.15, 0.2) is 5.82 Å². The van der Waals surface area contributed by atoms with Crippen LogP contribution >= 0.6 is 0 Å². The lowest BCUT2D eigenvalue weighted by Crippen LogP contribution is -2.36. The first-order chi connectivity index (χ1) is 13.6. The summed E-state index contributed by atoms with van der Waals surface area (Å²) in [5.74, 6) is 0.115. The van der Waals surface area contributed by atoms with Crippen LogP contribution in [0.15, 0.2) is 48.5 Å². The minimum atomic E-state index is -0.446. The highest BCUT2D eigenvalue weighted by molar-refractivity contribution is 5.95. The number of benzene rings is 2. The van der Waals surface area contributed by atoms with Crippen LogP contribution in [0, 0.1) is 12.7 Å². The number of morpholine rings is 1. The number of anilines is 2. The van der Waals surface area contributed by atoms with E-state index >= 15 is 0 Å². The number of aromatic nitrogens is 1. The summed E-state index contributed by atoms with van der Waals surface area (Å²) in [5, 5.41) is 3.44. The first-order valence-corrected chi connectivity index (χ1v) is 9.37. The average molecular weight is 379 g/mol. The number of carbonyl (C=O) groups excluding carboxylic acids is 1. The fourth-order valence-electron chi connectivity index (χ4n) is 3.32. The molecule has 0 radical (unpaired) electrons. The molecule has 1 saturated heterocycles. The maximum Gasteiger partial charge on any atom is 0.228 e. The van der Waals surface area contributed by atoms with Crippen molar-refractivity contribution in [1.29, 1.82) is 0 Å². The number of hydrogen-bond acceptors (Lipinski definition) is 4. The second kappa shape index (κ2) is 7.94. The van der Waals surface area contributed by atoms with Crippen molar-refractivity contribution in [2.45, 2.75) is 13.3 Å². The fraction of sp³-hybridized carbons (Fsp3) is 0.273. The molecule has 1 N–H and O–H groups in total. The number of carbonyl (C=O) groups is 1. The van der Waals surface area contributed by atoms with E-state index in [-0.39, 0.29) is 12.3 Å². The number of nitrogens with zero attached hydrogens (tertiary/aromatic N) is 2. The number of halogens is 1. The monoisotopic (exact) mass is 379 g/mol. The van der Waals surface area contributed by atoms with Crippen LogP contribution < -0.4 is 10.2 Å². The summed E-state index contributed by atoms with van der Waals surface area (Å²) in [4.78, 5) is 18.9. The van der Waals surface area contributed by atoms with Gasteiger partial charge in [0.05, 0.1) is 19.6 Å². The Morgan fingerprint density at radius 3 is 2.64 bits per heavy atom. The zero-order chi connectivity index (χ0) is 19.5. The van der Waals surface area contributed by atoms with Gasteiger partial charge in [-0.2, -0.15) is 0 Å². The lowest BCUT2D eigenvalue weighted by atomic mass is 10.1. The molecule has 3 aromatic rings. The van der Waals surface area contributed by atoms with Crippen LogP contribution in [0.1, 0.15) is 11.1 Å². The standard InChI is InChI=1S/C22H22FN3O2/c1-15-2-4-16(5-3-15)12-21(27)24-18-13-17-6-7-20(25-22(17)19(23)14-18)26-8-10-28-11-9-26/h2-7,13-14H,8-12H2,1H3,(H,24,27). The normalized spacial score (nSPS) is 14.3. The van der Waals surface area contributed by atoms with Gasteiger partial charge in [0.1, 0.15) is 11.3 Å². The third kappa shape index (κ3) is 4.12. The highest BCUT2D eigenvalue weighted by atomic mass is 19.1. The molecule has 0 spiro atoms. The minimum Gasteiger partial charge on any atom is -0.378 e. The fourth-order valence-corrected chi connectivity index (χ4v) is 3.32. The summed E-state index contributed by atoms with van der Waals surface area (Å²) in [6, 6.07) is 14.6. The maximum absolute atomic E-state index is 14.7. The van der Waals surface area contributed by atoms with Crippen LogP contribution in [-0.4, -0.2) is 37.2 Å². The van der Waals surface area contributed by atoms with Crippen LogP contribution in [0.2, 0.25) is 0 Å². The largest absolute Gasteiger partial charge is 0.378 e. The lowest BCUT2D eigenvalue weighted by molar-refractivity contribution is -0.115. The average Bonchev–Trinajstić information content (AvgIpc) is 2.70. The number of pyridine rings is 1. The predicted octanol–water partition coefficient (Wildman–Crippen LogP) is 3.70. The van der Waals surface area contributed by atoms with Crippen molar-refractivity contribution >= 4 is 28.3 Å². The van der Waals surface area contributed by atoms with Gasteiger partial charge in [-0.15, -0.1) is 0 Å². The molecule has 28 heavy (non-hydrogen) atoms. The number of ether oxygens (including phenoxy) is 1. The highest BCUT2D eigenvalue weighted by Gasteiger charge is 2.15. The van der Waals surface area contributed by atoms with Crippen molar-refractivity contribution in [2.75, 3.05) is 36.5 Å². The van der Waals surface area contributed by atoms with E-state index < -0.39 is 5.82 Å². The molecule has 0 saturated carbocycles. The first-order valence-electron chi connectivity index (χ1n) is 9.37. The number of fused-ring (bicyclic) bond motifs is 1. The van der Waals surface area contributed by atoms with Gasteiger partial charge in [0, 0.05) is 24.2 Å². The molecule has 2 aromatic carbocycles. The van der Waals surface area contributed by atoms with E-state index in [1.54, 1.807) is 6.07 Å². The zero-order valence-electron chi connectivity index (χ0n) is 15.7. The number of nitrogens with one attached hydrogen (secondary N) is 1. The van der Waals surface area contributed by atoms with Crippen molar-refractivity contribution in [3.63, 3.8) is 0 Å². The Morgan fingerprint density at radius 1 is 1.14 bits per heavy atom. The Labute approximate surface area is 163 Å². The Balaban J connectivity index is 1.51. The molecule has 1 aliphatic rings. The molecule has 144 valence electrons. The van der Waals surface area contributed by atoms with Crippen molar-refractivity contribution in [3.05, 3.63) is 65.5 Å². The Morgan fingerprint density at radius 2 is 1.89 bits per heavy atom. The first kappa shape index (κ1) is 18.4. The number of rotatable bonds is 4. The zero-order valence-corrected chi connectivity index (χ0v) is 15.7. The molecule has 0 aliphatic carbocycles. The molecular formula is C22H22FN3O2. The van der Waals surface area contributed by atoms with Gasteiger partial charge in [0.25, 0.3) is 0 Å². The molecular weight excluding hydrogens is 357 g/mol. The lowest BCUT2D eigenvalue weighted by Gasteiger charge is -2.28. The molecule has 1 amide bonds. The molecule has 0 unspecified atom stereocenters. The summed E-state index contributed by atoms with van der Waals surface area (Å²) in [7, 11) is 0. The summed E-state index contributed by atoms with van der Waals surface area (Å²) in [6.45, 7) is 4.78. The van der Waals surface area contributed by atoms with Gasteiger partial charge in [-0.1, -0.05) is 29.8 Å². The number of amides is 1. The van der Waals surface area contributed by atoms with Crippen LogP contribution in [-0.2, 0) is 16.0 Å². The molecule has 2 heterocycles. The van der Waals surface area contributed by atoms with Gasteiger partial charge in [-0.25, -0.2) is 9.37 Å². The molecule has 1 fully saturated rings. The number of aryl methyl sites for hydroxylation is 1.